The van der Waals surface area contributed by atoms with Gasteiger partial charge in [-0.3, -0.25) is 0 Å². The normalized spacial score (nSPS) is 18.9. The zero-order chi connectivity index (χ0) is 13.7. The summed E-state index contributed by atoms with van der Waals surface area (Å²) in [6.45, 7) is 3.18. The van der Waals surface area contributed by atoms with Gasteiger partial charge < -0.3 is 10.1 Å². The monoisotopic (exact) mass is 281 g/mol. The van der Waals surface area contributed by atoms with E-state index in [0.29, 0.717) is 6.10 Å². The van der Waals surface area contributed by atoms with E-state index in [9.17, 15) is 0 Å². The number of halogens is 1. The summed E-state index contributed by atoms with van der Waals surface area (Å²) in [5.74, 6) is 0. The van der Waals surface area contributed by atoms with Crippen LogP contribution in [0.4, 0.5) is 0 Å². The van der Waals surface area contributed by atoms with Gasteiger partial charge in [0.25, 0.3) is 0 Å². The van der Waals surface area contributed by atoms with Crippen molar-refractivity contribution in [1.29, 1.82) is 0 Å². The topological polar surface area (TPSA) is 21.3 Å². The molecular weight excluding hydrogens is 258 g/mol. The van der Waals surface area contributed by atoms with Gasteiger partial charge in [-0.05, 0) is 63.3 Å². The van der Waals surface area contributed by atoms with Gasteiger partial charge in [0.15, 0.2) is 0 Å². The van der Waals surface area contributed by atoms with Crippen LogP contribution in [0, 0.1) is 0 Å². The summed E-state index contributed by atoms with van der Waals surface area (Å²) in [6.07, 6.45) is 6.40. The fourth-order valence-corrected chi connectivity index (χ4v) is 2.83. The predicted molar refractivity (Wildman–Crippen MR) is 80.7 cm³/mol. The average Bonchev–Trinajstić information content (AvgIpc) is 2.38. The van der Waals surface area contributed by atoms with Gasteiger partial charge in [0.2, 0.25) is 0 Å². The fourth-order valence-electron chi connectivity index (χ4n) is 2.70. The number of ether oxygens (including phenoxy) is 1. The van der Waals surface area contributed by atoms with Crippen LogP contribution < -0.4 is 5.32 Å². The van der Waals surface area contributed by atoms with Crippen molar-refractivity contribution in [2.24, 2.45) is 0 Å². The lowest BCUT2D eigenvalue weighted by molar-refractivity contribution is 0.106. The number of benzene rings is 1. The van der Waals surface area contributed by atoms with Crippen molar-refractivity contribution in [3.05, 3.63) is 34.9 Å². The van der Waals surface area contributed by atoms with Gasteiger partial charge in [0, 0.05) is 17.7 Å². The number of methoxy groups -OCH3 is 1. The van der Waals surface area contributed by atoms with Gasteiger partial charge in [-0.25, -0.2) is 0 Å². The summed E-state index contributed by atoms with van der Waals surface area (Å²) in [7, 11) is 1.78. The van der Waals surface area contributed by atoms with Gasteiger partial charge in [-0.1, -0.05) is 23.7 Å². The highest BCUT2D eigenvalue weighted by Crippen LogP contribution is 2.41. The van der Waals surface area contributed by atoms with Gasteiger partial charge in [-0.15, -0.1) is 0 Å². The third kappa shape index (κ3) is 3.71. The number of rotatable bonds is 7. The van der Waals surface area contributed by atoms with E-state index in [1.165, 1.54) is 24.8 Å². The summed E-state index contributed by atoms with van der Waals surface area (Å²) in [6, 6.07) is 8.30. The van der Waals surface area contributed by atoms with Crippen molar-refractivity contribution in [2.75, 3.05) is 13.7 Å². The smallest absolute Gasteiger partial charge is 0.0543 e. The Morgan fingerprint density at radius 1 is 1.32 bits per heavy atom. The van der Waals surface area contributed by atoms with Gasteiger partial charge in [-0.2, -0.15) is 0 Å². The molecule has 1 aliphatic rings. The molecule has 1 aromatic carbocycles. The van der Waals surface area contributed by atoms with E-state index in [-0.39, 0.29) is 5.54 Å². The molecule has 0 spiro atoms. The first-order valence-electron chi connectivity index (χ1n) is 7.20. The molecule has 19 heavy (non-hydrogen) atoms. The minimum Gasteiger partial charge on any atom is -0.382 e. The van der Waals surface area contributed by atoms with Crippen LogP contribution >= 0.6 is 11.6 Å². The molecule has 1 aliphatic carbocycles. The molecule has 0 heterocycles. The summed E-state index contributed by atoms with van der Waals surface area (Å²) in [4.78, 5) is 0. The van der Waals surface area contributed by atoms with Crippen molar-refractivity contribution in [2.45, 2.75) is 50.7 Å². The molecule has 0 amide bonds. The molecular formula is C16H24ClNO. The molecule has 3 heteroatoms. The fraction of sp³-hybridized carbons (Fsp3) is 0.625. The van der Waals surface area contributed by atoms with E-state index in [1.807, 2.05) is 12.1 Å². The molecule has 2 rings (SSSR count). The first-order chi connectivity index (χ1) is 9.16. The molecule has 0 saturated heterocycles. The molecule has 0 aliphatic heterocycles. The summed E-state index contributed by atoms with van der Waals surface area (Å²) in [5.41, 5.74) is 1.57. The van der Waals surface area contributed by atoms with Crippen LogP contribution in [-0.2, 0) is 10.3 Å². The molecule has 0 aromatic heterocycles. The lowest BCUT2D eigenvalue weighted by Crippen LogP contribution is -2.48. The highest BCUT2D eigenvalue weighted by atomic mass is 35.5. The number of hydrogen-bond donors (Lipinski definition) is 1. The first-order valence-corrected chi connectivity index (χ1v) is 7.58. The Morgan fingerprint density at radius 3 is 2.53 bits per heavy atom. The second-order valence-electron chi connectivity index (χ2n) is 5.56. The minimum atomic E-state index is 0.195. The van der Waals surface area contributed by atoms with Gasteiger partial charge in [0.05, 0.1) is 6.10 Å². The molecule has 1 atom stereocenters. The molecule has 2 nitrogen and oxygen atoms in total. The molecule has 1 N–H and O–H groups in total. The Morgan fingerprint density at radius 2 is 2.00 bits per heavy atom. The third-order valence-corrected chi connectivity index (χ3v) is 4.51. The van der Waals surface area contributed by atoms with Crippen LogP contribution in [0.15, 0.2) is 24.3 Å². The van der Waals surface area contributed by atoms with Crippen molar-refractivity contribution in [1.82, 2.24) is 5.32 Å². The molecule has 0 radical (unpaired) electrons. The summed E-state index contributed by atoms with van der Waals surface area (Å²) < 4.78 is 5.28. The molecule has 1 saturated carbocycles. The number of nitrogens with one attached hydrogen (secondary N) is 1. The Kier molecular flexibility index (Phi) is 5.26. The predicted octanol–water partition coefficient (Wildman–Crippen LogP) is 4.12. The quantitative estimate of drug-likeness (QED) is 0.759. The lowest BCUT2D eigenvalue weighted by atomic mass is 9.72. The molecule has 1 aromatic rings. The molecule has 0 bridgehead atoms. The molecule has 106 valence electrons. The maximum Gasteiger partial charge on any atom is 0.0543 e. The maximum atomic E-state index is 5.97. The van der Waals surface area contributed by atoms with Crippen LogP contribution in [-0.4, -0.2) is 19.8 Å². The summed E-state index contributed by atoms with van der Waals surface area (Å²) >= 11 is 5.97. The van der Waals surface area contributed by atoms with Crippen molar-refractivity contribution >= 4 is 11.6 Å². The van der Waals surface area contributed by atoms with Crippen LogP contribution in [0.2, 0.25) is 5.02 Å². The molecule has 1 fully saturated rings. The zero-order valence-corrected chi connectivity index (χ0v) is 12.7. The van der Waals surface area contributed by atoms with E-state index in [1.54, 1.807) is 7.11 Å². The zero-order valence-electron chi connectivity index (χ0n) is 11.9. The first kappa shape index (κ1) is 14.8. The largest absolute Gasteiger partial charge is 0.382 e. The summed E-state index contributed by atoms with van der Waals surface area (Å²) in [5, 5.41) is 4.56. The second kappa shape index (κ2) is 6.74. The SMILES string of the molecule is COC(C)CCCNC1(c2ccc(Cl)cc2)CCC1. The minimum absolute atomic E-state index is 0.195. The van der Waals surface area contributed by atoms with Crippen molar-refractivity contribution in [3.63, 3.8) is 0 Å². The van der Waals surface area contributed by atoms with Crippen LogP contribution in [0.3, 0.4) is 0 Å². The van der Waals surface area contributed by atoms with E-state index in [0.717, 1.165) is 24.4 Å². The third-order valence-electron chi connectivity index (χ3n) is 4.26. The highest BCUT2D eigenvalue weighted by Gasteiger charge is 2.37. The highest BCUT2D eigenvalue weighted by molar-refractivity contribution is 6.30. The van der Waals surface area contributed by atoms with E-state index < -0.39 is 0 Å². The maximum absolute atomic E-state index is 5.97. The van der Waals surface area contributed by atoms with Gasteiger partial charge >= 0.3 is 0 Å². The standard InChI is InChI=1S/C16H24ClNO/c1-13(19-2)5-3-12-18-16(10-4-11-16)14-6-8-15(17)9-7-14/h6-9,13,18H,3-5,10-12H2,1-2H3. The van der Waals surface area contributed by atoms with Crippen LogP contribution in [0.1, 0.15) is 44.6 Å². The Hall–Kier alpha value is -0.570. The van der Waals surface area contributed by atoms with E-state index in [4.69, 9.17) is 16.3 Å². The second-order valence-corrected chi connectivity index (χ2v) is 5.99. The Labute approximate surface area is 121 Å². The molecule has 1 unspecified atom stereocenters. The van der Waals surface area contributed by atoms with Crippen molar-refractivity contribution < 1.29 is 4.74 Å². The van der Waals surface area contributed by atoms with Gasteiger partial charge in [0.1, 0.15) is 0 Å². The Bertz CT molecular complexity index is 386. The van der Waals surface area contributed by atoms with E-state index >= 15 is 0 Å². The Balaban J connectivity index is 1.87. The average molecular weight is 282 g/mol. The van der Waals surface area contributed by atoms with Crippen LogP contribution in [0.25, 0.3) is 0 Å². The lowest BCUT2D eigenvalue weighted by Gasteiger charge is -2.43. The van der Waals surface area contributed by atoms with E-state index in [2.05, 4.69) is 24.4 Å². The number of hydrogen-bond acceptors (Lipinski definition) is 2. The van der Waals surface area contributed by atoms with Crippen molar-refractivity contribution in [3.8, 4) is 0 Å². The van der Waals surface area contributed by atoms with Crippen LogP contribution in [0.5, 0.6) is 0 Å².